The monoisotopic (exact) mass is 371 g/mol. The number of nitrogens with zero attached hydrogens (tertiary/aromatic N) is 5. The first-order valence-electron chi connectivity index (χ1n) is 9.35. The van der Waals surface area contributed by atoms with Crippen LogP contribution in [0.4, 0.5) is 0 Å². The first-order chi connectivity index (χ1) is 13.2. The number of tetrazole rings is 1. The van der Waals surface area contributed by atoms with E-state index in [9.17, 15) is 9.59 Å². The first-order valence-corrected chi connectivity index (χ1v) is 9.35. The minimum atomic E-state index is -0.0894. The van der Waals surface area contributed by atoms with E-state index in [4.69, 9.17) is 0 Å². The summed E-state index contributed by atoms with van der Waals surface area (Å²) >= 11 is 0. The number of carbonyl (C=O) groups excluding carboxylic acids is 2. The van der Waals surface area contributed by atoms with Crippen LogP contribution in [-0.4, -0.2) is 49.6 Å². The van der Waals surface area contributed by atoms with Crippen molar-refractivity contribution in [3.8, 4) is 0 Å². The van der Waals surface area contributed by atoms with Gasteiger partial charge in [0.2, 0.25) is 11.8 Å². The van der Waals surface area contributed by atoms with Gasteiger partial charge < -0.3 is 10.6 Å². The summed E-state index contributed by atoms with van der Waals surface area (Å²) in [6.45, 7) is 0.782. The van der Waals surface area contributed by atoms with Crippen molar-refractivity contribution in [3.63, 3.8) is 0 Å². The molecule has 0 bridgehead atoms. The molecule has 0 saturated heterocycles. The fraction of sp³-hybridized carbons (Fsp3) is 0.556. The van der Waals surface area contributed by atoms with Gasteiger partial charge in [0.05, 0.1) is 0 Å². The van der Waals surface area contributed by atoms with Gasteiger partial charge in [0.15, 0.2) is 0 Å². The minimum absolute atomic E-state index is 0.0590. The Morgan fingerprint density at radius 2 is 2.19 bits per heavy atom. The van der Waals surface area contributed by atoms with E-state index in [1.807, 2.05) is 12.1 Å². The molecule has 2 atom stereocenters. The Morgan fingerprint density at radius 1 is 1.26 bits per heavy atom. The molecule has 0 spiro atoms. The van der Waals surface area contributed by atoms with Crippen LogP contribution < -0.4 is 10.6 Å². The molecule has 1 aliphatic carbocycles. The molecule has 1 aliphatic rings. The Morgan fingerprint density at radius 3 is 2.96 bits per heavy atom. The van der Waals surface area contributed by atoms with E-state index in [0.717, 1.165) is 31.2 Å². The molecule has 2 aromatic rings. The highest BCUT2D eigenvalue weighted by atomic mass is 16.2. The molecule has 144 valence electrons. The van der Waals surface area contributed by atoms with Gasteiger partial charge in [0, 0.05) is 31.4 Å². The summed E-state index contributed by atoms with van der Waals surface area (Å²) in [4.78, 5) is 28.2. The van der Waals surface area contributed by atoms with Crippen molar-refractivity contribution in [1.29, 1.82) is 0 Å². The van der Waals surface area contributed by atoms with Gasteiger partial charge in [-0.3, -0.25) is 14.6 Å². The van der Waals surface area contributed by atoms with Gasteiger partial charge in [-0.2, -0.15) is 0 Å². The average molecular weight is 371 g/mol. The summed E-state index contributed by atoms with van der Waals surface area (Å²) in [6, 6.07) is 3.99. The average Bonchev–Trinajstić information content (AvgIpc) is 3.18. The molecule has 0 aliphatic heterocycles. The van der Waals surface area contributed by atoms with Gasteiger partial charge in [-0.15, -0.1) is 5.10 Å². The molecule has 2 N–H and O–H groups in total. The molecule has 0 radical (unpaired) electrons. The molecule has 27 heavy (non-hydrogen) atoms. The molecular formula is C18H25N7O2. The van der Waals surface area contributed by atoms with Crippen LogP contribution in [0, 0.1) is 5.92 Å². The third-order valence-electron chi connectivity index (χ3n) is 4.80. The molecule has 9 heteroatoms. The van der Waals surface area contributed by atoms with Gasteiger partial charge >= 0.3 is 0 Å². The first kappa shape index (κ1) is 18.9. The maximum atomic E-state index is 12.1. The van der Waals surface area contributed by atoms with Crippen molar-refractivity contribution >= 4 is 11.8 Å². The summed E-state index contributed by atoms with van der Waals surface area (Å²) in [5, 5.41) is 16.8. The van der Waals surface area contributed by atoms with Crippen molar-refractivity contribution in [3.05, 3.63) is 36.4 Å². The quantitative estimate of drug-likeness (QED) is 0.698. The van der Waals surface area contributed by atoms with E-state index in [2.05, 4.69) is 31.1 Å². The van der Waals surface area contributed by atoms with Crippen LogP contribution in [0.25, 0.3) is 0 Å². The number of carbonyl (C=O) groups is 2. The molecule has 2 unspecified atom stereocenters. The summed E-state index contributed by atoms with van der Waals surface area (Å²) in [5.41, 5.74) is 1.07. The van der Waals surface area contributed by atoms with E-state index in [-0.39, 0.29) is 24.4 Å². The van der Waals surface area contributed by atoms with Crippen molar-refractivity contribution in [2.45, 2.75) is 51.1 Å². The molecular weight excluding hydrogens is 346 g/mol. The Hall–Kier alpha value is -2.84. The highest BCUT2D eigenvalue weighted by Gasteiger charge is 2.23. The number of hydrogen-bond donors (Lipinski definition) is 2. The van der Waals surface area contributed by atoms with Crippen LogP contribution >= 0.6 is 0 Å². The molecule has 9 nitrogen and oxygen atoms in total. The summed E-state index contributed by atoms with van der Waals surface area (Å²) in [6.07, 6.45) is 10.1. The van der Waals surface area contributed by atoms with E-state index < -0.39 is 0 Å². The predicted molar refractivity (Wildman–Crippen MR) is 97.3 cm³/mol. The van der Waals surface area contributed by atoms with Crippen molar-refractivity contribution < 1.29 is 9.59 Å². The Labute approximate surface area is 157 Å². The summed E-state index contributed by atoms with van der Waals surface area (Å²) < 4.78 is 1.40. The van der Waals surface area contributed by atoms with Crippen LogP contribution in [0.1, 0.15) is 37.7 Å². The van der Waals surface area contributed by atoms with Crippen molar-refractivity contribution in [2.75, 3.05) is 6.54 Å². The topological polar surface area (TPSA) is 115 Å². The van der Waals surface area contributed by atoms with Crippen LogP contribution in [0.15, 0.2) is 30.9 Å². The second-order valence-electron chi connectivity index (χ2n) is 6.97. The lowest BCUT2D eigenvalue weighted by atomic mass is 9.85. The Kier molecular flexibility index (Phi) is 6.84. The second kappa shape index (κ2) is 9.75. The molecule has 3 rings (SSSR count). The van der Waals surface area contributed by atoms with Gasteiger partial charge in [-0.05, 0) is 53.7 Å². The number of hydrogen-bond acceptors (Lipinski definition) is 6. The summed E-state index contributed by atoms with van der Waals surface area (Å²) in [7, 11) is 0. The van der Waals surface area contributed by atoms with Crippen LogP contribution in [0.3, 0.4) is 0 Å². The molecule has 2 heterocycles. The number of aryl methyl sites for hydroxylation is 1. The van der Waals surface area contributed by atoms with Crippen molar-refractivity contribution in [2.24, 2.45) is 5.92 Å². The number of rotatable bonds is 8. The molecule has 2 aromatic heterocycles. The molecule has 0 aromatic carbocycles. The zero-order valence-corrected chi connectivity index (χ0v) is 15.3. The smallest absolute Gasteiger partial charge is 0.242 e. The maximum absolute atomic E-state index is 12.1. The summed E-state index contributed by atoms with van der Waals surface area (Å²) in [5.74, 6) is 0.358. The lowest BCUT2D eigenvalue weighted by Crippen LogP contribution is -2.42. The van der Waals surface area contributed by atoms with E-state index in [1.54, 1.807) is 12.4 Å². The third kappa shape index (κ3) is 6.43. The SMILES string of the molecule is O=C(CCc1cccnc1)NCC1CCCC(NC(=O)Cn2cnnn2)C1. The fourth-order valence-electron chi connectivity index (χ4n) is 3.43. The molecule has 2 amide bonds. The van der Waals surface area contributed by atoms with Gasteiger partial charge in [-0.1, -0.05) is 12.5 Å². The van der Waals surface area contributed by atoms with Gasteiger partial charge in [0.1, 0.15) is 12.9 Å². The lowest BCUT2D eigenvalue weighted by Gasteiger charge is -2.30. The zero-order valence-electron chi connectivity index (χ0n) is 15.3. The Balaban J connectivity index is 1.35. The van der Waals surface area contributed by atoms with E-state index in [1.165, 1.54) is 11.0 Å². The number of nitrogens with one attached hydrogen (secondary N) is 2. The van der Waals surface area contributed by atoms with Gasteiger partial charge in [-0.25, -0.2) is 4.68 Å². The second-order valence-corrected chi connectivity index (χ2v) is 6.97. The standard InChI is InChI=1S/C18H25N7O2/c26-17(7-6-14-4-2-8-19-10-14)20-11-15-3-1-5-16(9-15)22-18(27)12-25-13-21-23-24-25/h2,4,8,10,13,15-16H,1,3,5-7,9,11-12H2,(H,20,26)(H,22,27). The normalized spacial score (nSPS) is 19.4. The van der Waals surface area contributed by atoms with E-state index >= 15 is 0 Å². The van der Waals surface area contributed by atoms with Crippen LogP contribution in [0.5, 0.6) is 0 Å². The van der Waals surface area contributed by atoms with Crippen LogP contribution in [0.2, 0.25) is 0 Å². The number of amides is 2. The zero-order chi connectivity index (χ0) is 18.9. The van der Waals surface area contributed by atoms with Gasteiger partial charge in [0.25, 0.3) is 0 Å². The third-order valence-corrected chi connectivity index (χ3v) is 4.80. The molecule has 1 fully saturated rings. The largest absolute Gasteiger partial charge is 0.356 e. The maximum Gasteiger partial charge on any atom is 0.242 e. The van der Waals surface area contributed by atoms with E-state index in [0.29, 0.717) is 25.3 Å². The number of pyridine rings is 1. The highest BCUT2D eigenvalue weighted by Crippen LogP contribution is 2.23. The molecule has 1 saturated carbocycles. The van der Waals surface area contributed by atoms with Crippen molar-refractivity contribution in [1.82, 2.24) is 35.8 Å². The lowest BCUT2D eigenvalue weighted by molar-refractivity contribution is -0.123. The predicted octanol–water partition coefficient (Wildman–Crippen LogP) is 0.492. The minimum Gasteiger partial charge on any atom is -0.356 e. The Bertz CT molecular complexity index is 721. The van der Waals surface area contributed by atoms with Crippen LogP contribution in [-0.2, 0) is 22.6 Å². The highest BCUT2D eigenvalue weighted by molar-refractivity contribution is 5.76. The fourth-order valence-corrected chi connectivity index (χ4v) is 3.43. The number of aromatic nitrogens is 5.